The van der Waals surface area contributed by atoms with Gasteiger partial charge in [-0.2, -0.15) is 0 Å². The molecule has 1 heterocycles. The van der Waals surface area contributed by atoms with Crippen LogP contribution in [0, 0.1) is 0 Å². The zero-order valence-corrected chi connectivity index (χ0v) is 6.45. The second-order valence-electron chi connectivity index (χ2n) is 2.78. The third-order valence-electron chi connectivity index (χ3n) is 1.97. The van der Waals surface area contributed by atoms with E-state index in [4.69, 9.17) is 27.9 Å². The van der Waals surface area contributed by atoms with Crippen molar-refractivity contribution in [1.29, 1.82) is 0 Å². The van der Waals surface area contributed by atoms with Crippen LogP contribution in [0.3, 0.4) is 0 Å². The molecule has 3 heteroatoms. The van der Waals surface area contributed by atoms with Crippen LogP contribution in [0.1, 0.15) is 12.8 Å². The molecule has 1 saturated carbocycles. The fourth-order valence-electron chi connectivity index (χ4n) is 1.12. The first-order valence-corrected chi connectivity index (χ1v) is 4.08. The molecule has 0 spiro atoms. The maximum Gasteiger partial charge on any atom is 0.104 e. The van der Waals surface area contributed by atoms with Gasteiger partial charge in [0.2, 0.25) is 0 Å². The van der Waals surface area contributed by atoms with Crippen LogP contribution in [0.25, 0.3) is 0 Å². The molecule has 1 nitrogen and oxygen atoms in total. The monoisotopic (exact) mass is 166 g/mol. The molecule has 0 aromatic carbocycles. The molecule has 9 heavy (non-hydrogen) atoms. The summed E-state index contributed by atoms with van der Waals surface area (Å²) in [5.74, 6) is 0.596. The SMILES string of the molecule is ClCC1OC1C1(Cl)CC1. The van der Waals surface area contributed by atoms with Gasteiger partial charge in [-0.3, -0.25) is 0 Å². The molecule has 2 unspecified atom stereocenters. The van der Waals surface area contributed by atoms with Gasteiger partial charge in [-0.05, 0) is 12.8 Å². The van der Waals surface area contributed by atoms with E-state index in [1.54, 1.807) is 0 Å². The molecule has 0 aromatic rings. The highest BCUT2D eigenvalue weighted by Crippen LogP contribution is 2.53. The molecule has 52 valence electrons. The van der Waals surface area contributed by atoms with Crippen molar-refractivity contribution in [2.24, 2.45) is 0 Å². The van der Waals surface area contributed by atoms with E-state index in [9.17, 15) is 0 Å². The lowest BCUT2D eigenvalue weighted by Gasteiger charge is -1.95. The number of halogens is 2. The van der Waals surface area contributed by atoms with Gasteiger partial charge in [0.15, 0.2) is 0 Å². The van der Waals surface area contributed by atoms with E-state index in [0.29, 0.717) is 5.88 Å². The summed E-state index contributed by atoms with van der Waals surface area (Å²) in [6, 6.07) is 0. The number of ether oxygens (including phenoxy) is 1. The molecule has 0 N–H and O–H groups in total. The van der Waals surface area contributed by atoms with Crippen LogP contribution in [0.15, 0.2) is 0 Å². The summed E-state index contributed by atoms with van der Waals surface area (Å²) in [6.07, 6.45) is 2.74. The summed E-state index contributed by atoms with van der Waals surface area (Å²) in [5, 5.41) is 0. The quantitative estimate of drug-likeness (QED) is 0.451. The van der Waals surface area contributed by atoms with Gasteiger partial charge >= 0.3 is 0 Å². The van der Waals surface area contributed by atoms with E-state index in [-0.39, 0.29) is 17.1 Å². The Labute approximate surface area is 64.3 Å². The number of epoxide rings is 1. The molecule has 2 aliphatic rings. The Bertz CT molecular complexity index is 133. The second kappa shape index (κ2) is 1.77. The van der Waals surface area contributed by atoms with Crippen LogP contribution in [-0.4, -0.2) is 23.0 Å². The second-order valence-corrected chi connectivity index (χ2v) is 3.85. The summed E-state index contributed by atoms with van der Waals surface area (Å²) in [4.78, 5) is -0.000440. The van der Waals surface area contributed by atoms with Gasteiger partial charge in [0.1, 0.15) is 6.10 Å². The third-order valence-corrected chi connectivity index (χ3v) is 2.87. The maximum atomic E-state index is 6.03. The van der Waals surface area contributed by atoms with Gasteiger partial charge in [-0.1, -0.05) is 0 Å². The van der Waals surface area contributed by atoms with Gasteiger partial charge in [0.05, 0.1) is 16.9 Å². The first kappa shape index (κ1) is 6.26. The van der Waals surface area contributed by atoms with Gasteiger partial charge < -0.3 is 4.74 Å². The predicted octanol–water partition coefficient (Wildman–Crippen LogP) is 1.76. The normalized spacial score (nSPS) is 44.7. The van der Waals surface area contributed by atoms with Gasteiger partial charge in [0.25, 0.3) is 0 Å². The fraction of sp³-hybridized carbons (Fsp3) is 1.00. The zero-order chi connectivity index (χ0) is 6.48. The van der Waals surface area contributed by atoms with Crippen LogP contribution >= 0.6 is 23.2 Å². The lowest BCUT2D eigenvalue weighted by atomic mass is 10.2. The Hall–Kier alpha value is 0.540. The first-order chi connectivity index (χ1) is 4.26. The summed E-state index contributed by atoms with van der Waals surface area (Å²) in [5.41, 5.74) is 0. The minimum absolute atomic E-state index is 0.000440. The fourth-order valence-corrected chi connectivity index (χ4v) is 1.64. The molecule has 0 amide bonds. The first-order valence-electron chi connectivity index (χ1n) is 3.17. The van der Waals surface area contributed by atoms with Crippen LogP contribution in [0.2, 0.25) is 0 Å². The van der Waals surface area contributed by atoms with Crippen LogP contribution < -0.4 is 0 Å². The Morgan fingerprint density at radius 1 is 1.56 bits per heavy atom. The van der Waals surface area contributed by atoms with Crippen molar-refractivity contribution in [2.75, 3.05) is 5.88 Å². The molecular weight excluding hydrogens is 159 g/mol. The van der Waals surface area contributed by atoms with Crippen molar-refractivity contribution < 1.29 is 4.74 Å². The standard InChI is InChI=1S/C6H8Cl2O/c7-3-4-5(9-4)6(8)1-2-6/h4-5H,1-3H2. The molecular formula is C6H8Cl2O. The molecule has 0 aromatic heterocycles. The van der Waals surface area contributed by atoms with Gasteiger partial charge in [0, 0.05) is 0 Å². The number of hydrogen-bond donors (Lipinski definition) is 0. The molecule has 2 fully saturated rings. The van der Waals surface area contributed by atoms with Crippen molar-refractivity contribution in [3.8, 4) is 0 Å². The van der Waals surface area contributed by atoms with E-state index in [0.717, 1.165) is 12.8 Å². The lowest BCUT2D eigenvalue weighted by Crippen LogP contribution is -2.11. The van der Waals surface area contributed by atoms with Crippen molar-refractivity contribution in [3.05, 3.63) is 0 Å². The average Bonchev–Trinajstić information content (AvgIpc) is 2.60. The smallest absolute Gasteiger partial charge is 0.104 e. The Balaban J connectivity index is 1.90. The highest BCUT2D eigenvalue weighted by molar-refractivity contribution is 6.26. The number of hydrogen-bond acceptors (Lipinski definition) is 1. The molecule has 1 aliphatic heterocycles. The zero-order valence-electron chi connectivity index (χ0n) is 4.94. The van der Waals surface area contributed by atoms with E-state index < -0.39 is 0 Å². The van der Waals surface area contributed by atoms with E-state index in [1.807, 2.05) is 0 Å². The molecule has 0 radical (unpaired) electrons. The lowest BCUT2D eigenvalue weighted by molar-refractivity contribution is 0.370. The summed E-state index contributed by atoms with van der Waals surface area (Å²) in [6.45, 7) is 0. The highest BCUT2D eigenvalue weighted by Gasteiger charge is 2.60. The Kier molecular flexibility index (Phi) is 1.24. The van der Waals surface area contributed by atoms with Crippen molar-refractivity contribution >= 4 is 23.2 Å². The van der Waals surface area contributed by atoms with Crippen molar-refractivity contribution in [1.82, 2.24) is 0 Å². The van der Waals surface area contributed by atoms with Crippen LogP contribution in [-0.2, 0) is 4.74 Å². The number of alkyl halides is 2. The highest BCUT2D eigenvalue weighted by atomic mass is 35.5. The number of rotatable bonds is 2. The van der Waals surface area contributed by atoms with Gasteiger partial charge in [-0.25, -0.2) is 0 Å². The van der Waals surface area contributed by atoms with Gasteiger partial charge in [-0.15, -0.1) is 23.2 Å². The Morgan fingerprint density at radius 2 is 2.22 bits per heavy atom. The minimum atomic E-state index is -0.000440. The average molecular weight is 167 g/mol. The third kappa shape index (κ3) is 0.957. The van der Waals surface area contributed by atoms with E-state index in [2.05, 4.69) is 0 Å². The maximum absolute atomic E-state index is 6.03. The van der Waals surface area contributed by atoms with Crippen molar-refractivity contribution in [3.63, 3.8) is 0 Å². The van der Waals surface area contributed by atoms with E-state index in [1.165, 1.54) is 0 Å². The minimum Gasteiger partial charge on any atom is -0.366 e. The van der Waals surface area contributed by atoms with Crippen molar-refractivity contribution in [2.45, 2.75) is 29.9 Å². The molecule has 1 saturated heterocycles. The largest absolute Gasteiger partial charge is 0.366 e. The van der Waals surface area contributed by atoms with Crippen LogP contribution in [0.4, 0.5) is 0 Å². The molecule has 1 aliphatic carbocycles. The van der Waals surface area contributed by atoms with Crippen LogP contribution in [0.5, 0.6) is 0 Å². The molecule has 2 rings (SSSR count). The Morgan fingerprint density at radius 3 is 2.56 bits per heavy atom. The topological polar surface area (TPSA) is 12.5 Å². The molecule has 0 bridgehead atoms. The molecule has 2 atom stereocenters. The summed E-state index contributed by atoms with van der Waals surface area (Å²) in [7, 11) is 0. The predicted molar refractivity (Wildman–Crippen MR) is 37.2 cm³/mol. The van der Waals surface area contributed by atoms with E-state index >= 15 is 0 Å². The summed E-state index contributed by atoms with van der Waals surface area (Å²) < 4.78 is 5.23. The summed E-state index contributed by atoms with van der Waals surface area (Å²) >= 11 is 11.6.